The van der Waals surface area contributed by atoms with Crippen LogP contribution >= 0.6 is 24.2 Å². The van der Waals surface area contributed by atoms with Crippen LogP contribution in [-0.2, 0) is 0 Å². The molecule has 2 rings (SSSR count). The Balaban J connectivity index is 2.21. The van der Waals surface area contributed by atoms with Crippen molar-refractivity contribution in [2.45, 2.75) is 23.8 Å². The van der Waals surface area contributed by atoms with Crippen molar-refractivity contribution < 1.29 is 4.79 Å². The van der Waals surface area contributed by atoms with Crippen LogP contribution in [0.25, 0.3) is 0 Å². The highest BCUT2D eigenvalue weighted by atomic mass is 35.5. The molecule has 0 saturated carbocycles. The van der Waals surface area contributed by atoms with Crippen LogP contribution in [0.15, 0.2) is 23.1 Å². The lowest BCUT2D eigenvalue weighted by Crippen LogP contribution is -2.45. The van der Waals surface area contributed by atoms with E-state index in [-0.39, 0.29) is 11.9 Å². The molecule has 5 heteroatoms. The number of likely N-dealkylation sites (tertiary alicyclic amines) is 1. The molecule has 17 heavy (non-hydrogen) atoms. The highest BCUT2D eigenvalue weighted by Gasteiger charge is 2.23. The first-order valence-electron chi connectivity index (χ1n) is 5.61. The van der Waals surface area contributed by atoms with Crippen molar-refractivity contribution in [2.75, 3.05) is 13.1 Å². The lowest BCUT2D eigenvalue weighted by molar-refractivity contribution is 0.0708. The van der Waals surface area contributed by atoms with Crippen LogP contribution in [0.2, 0.25) is 5.02 Å². The number of piperidine rings is 1. The Morgan fingerprint density at radius 3 is 3.00 bits per heavy atom. The summed E-state index contributed by atoms with van der Waals surface area (Å²) in [5.41, 5.74) is 6.37. The van der Waals surface area contributed by atoms with Gasteiger partial charge in [-0.2, -0.15) is 0 Å². The van der Waals surface area contributed by atoms with Gasteiger partial charge in [0, 0.05) is 24.0 Å². The number of benzene rings is 1. The predicted molar refractivity (Wildman–Crippen MR) is 71.8 cm³/mol. The van der Waals surface area contributed by atoms with Gasteiger partial charge < -0.3 is 10.6 Å². The maximum absolute atomic E-state index is 12.3. The number of thiol groups is 1. The van der Waals surface area contributed by atoms with E-state index in [0.717, 1.165) is 24.3 Å². The molecule has 1 aliphatic rings. The monoisotopic (exact) mass is 270 g/mol. The topological polar surface area (TPSA) is 46.3 Å². The van der Waals surface area contributed by atoms with E-state index in [2.05, 4.69) is 12.6 Å². The fourth-order valence-electron chi connectivity index (χ4n) is 2.04. The number of nitrogens with two attached hydrogens (primary N) is 1. The second-order valence-corrected chi connectivity index (χ2v) is 5.24. The van der Waals surface area contributed by atoms with E-state index in [0.29, 0.717) is 17.1 Å². The van der Waals surface area contributed by atoms with E-state index in [9.17, 15) is 4.79 Å². The minimum Gasteiger partial charge on any atom is -0.337 e. The third-order valence-corrected chi connectivity index (χ3v) is 3.53. The normalized spacial score (nSPS) is 20.4. The zero-order chi connectivity index (χ0) is 12.4. The van der Waals surface area contributed by atoms with Gasteiger partial charge in [0.15, 0.2) is 0 Å². The van der Waals surface area contributed by atoms with Gasteiger partial charge in [-0.3, -0.25) is 4.79 Å². The maximum atomic E-state index is 12.3. The third-order valence-electron chi connectivity index (χ3n) is 2.93. The van der Waals surface area contributed by atoms with E-state index in [1.165, 1.54) is 0 Å². The van der Waals surface area contributed by atoms with E-state index in [4.69, 9.17) is 17.3 Å². The minimum atomic E-state index is -0.0546. The molecule has 1 aliphatic heterocycles. The van der Waals surface area contributed by atoms with Crippen LogP contribution in [0.1, 0.15) is 23.2 Å². The van der Waals surface area contributed by atoms with Gasteiger partial charge in [-0.15, -0.1) is 12.6 Å². The summed E-state index contributed by atoms with van der Waals surface area (Å²) in [5, 5.41) is 0.465. The molecule has 1 atom stereocenters. The first kappa shape index (κ1) is 12.7. The third kappa shape index (κ3) is 2.94. The van der Waals surface area contributed by atoms with Gasteiger partial charge in [0.1, 0.15) is 0 Å². The molecule has 0 bridgehead atoms. The molecule has 0 aromatic heterocycles. The largest absolute Gasteiger partial charge is 0.337 e. The molecule has 92 valence electrons. The fourth-order valence-corrected chi connectivity index (χ4v) is 2.44. The molecule has 3 nitrogen and oxygen atoms in total. The Morgan fingerprint density at radius 2 is 2.29 bits per heavy atom. The van der Waals surface area contributed by atoms with Crippen molar-refractivity contribution in [3.8, 4) is 0 Å². The van der Waals surface area contributed by atoms with E-state index in [1.54, 1.807) is 23.1 Å². The van der Waals surface area contributed by atoms with Gasteiger partial charge in [-0.25, -0.2) is 0 Å². The second kappa shape index (κ2) is 5.29. The number of hydrogen-bond donors (Lipinski definition) is 2. The SMILES string of the molecule is NC1CCCN(C(=O)c2cc(S)ccc2Cl)C1. The zero-order valence-corrected chi connectivity index (χ0v) is 11.0. The first-order valence-corrected chi connectivity index (χ1v) is 6.44. The van der Waals surface area contributed by atoms with Gasteiger partial charge in [0.25, 0.3) is 5.91 Å². The number of nitrogens with zero attached hydrogens (tertiary/aromatic N) is 1. The molecule has 1 aromatic carbocycles. The van der Waals surface area contributed by atoms with Crippen LogP contribution in [0.3, 0.4) is 0 Å². The minimum absolute atomic E-state index is 0.0546. The van der Waals surface area contributed by atoms with Gasteiger partial charge in [0.2, 0.25) is 0 Å². The molecule has 1 heterocycles. The molecule has 2 N–H and O–H groups in total. The Morgan fingerprint density at radius 1 is 1.53 bits per heavy atom. The molecular weight excluding hydrogens is 256 g/mol. The molecule has 1 amide bonds. The molecular formula is C12H15ClN2OS. The van der Waals surface area contributed by atoms with Gasteiger partial charge >= 0.3 is 0 Å². The quantitative estimate of drug-likeness (QED) is 0.769. The summed E-state index contributed by atoms with van der Waals surface area (Å²) >= 11 is 10.3. The van der Waals surface area contributed by atoms with E-state index in [1.807, 2.05) is 0 Å². The zero-order valence-electron chi connectivity index (χ0n) is 9.40. The molecule has 0 spiro atoms. The number of rotatable bonds is 1. The van der Waals surface area contributed by atoms with Crippen LogP contribution in [0, 0.1) is 0 Å². The summed E-state index contributed by atoms with van der Waals surface area (Å²) < 4.78 is 0. The van der Waals surface area contributed by atoms with E-state index >= 15 is 0 Å². The lowest BCUT2D eigenvalue weighted by atomic mass is 10.1. The number of carbonyl (C=O) groups is 1. The standard InChI is InChI=1S/C12H15ClN2OS/c13-11-4-3-9(17)6-10(11)12(16)15-5-1-2-8(14)7-15/h3-4,6,8,17H,1-2,5,7,14H2. The van der Waals surface area contributed by atoms with Crippen molar-refractivity contribution in [3.05, 3.63) is 28.8 Å². The summed E-state index contributed by atoms with van der Waals surface area (Å²) in [6, 6.07) is 5.24. The summed E-state index contributed by atoms with van der Waals surface area (Å²) in [6.07, 6.45) is 1.93. The molecule has 0 radical (unpaired) electrons. The smallest absolute Gasteiger partial charge is 0.255 e. The fraction of sp³-hybridized carbons (Fsp3) is 0.417. The maximum Gasteiger partial charge on any atom is 0.255 e. The highest BCUT2D eigenvalue weighted by Crippen LogP contribution is 2.22. The number of hydrogen-bond acceptors (Lipinski definition) is 3. The van der Waals surface area contributed by atoms with E-state index < -0.39 is 0 Å². The average molecular weight is 271 g/mol. The Labute approximate surface area is 111 Å². The molecule has 1 fully saturated rings. The number of carbonyl (C=O) groups excluding carboxylic acids is 1. The van der Waals surface area contributed by atoms with Crippen LogP contribution in [-0.4, -0.2) is 29.9 Å². The summed E-state index contributed by atoms with van der Waals surface area (Å²) in [6.45, 7) is 1.35. The first-order chi connectivity index (χ1) is 8.08. The molecule has 1 unspecified atom stereocenters. The van der Waals surface area contributed by atoms with Gasteiger partial charge in [-0.05, 0) is 31.0 Å². The van der Waals surface area contributed by atoms with Crippen LogP contribution in [0.5, 0.6) is 0 Å². The molecule has 0 aliphatic carbocycles. The second-order valence-electron chi connectivity index (χ2n) is 4.32. The summed E-state index contributed by atoms with van der Waals surface area (Å²) in [5.74, 6) is -0.0546. The summed E-state index contributed by atoms with van der Waals surface area (Å²) in [7, 11) is 0. The van der Waals surface area contributed by atoms with Gasteiger partial charge in [-0.1, -0.05) is 11.6 Å². The van der Waals surface area contributed by atoms with Crippen LogP contribution < -0.4 is 5.73 Å². The Kier molecular flexibility index (Phi) is 3.97. The Hall–Kier alpha value is -0.710. The van der Waals surface area contributed by atoms with Crippen molar-refractivity contribution in [3.63, 3.8) is 0 Å². The van der Waals surface area contributed by atoms with Crippen LogP contribution in [0.4, 0.5) is 0 Å². The number of halogens is 1. The Bertz CT molecular complexity index is 439. The van der Waals surface area contributed by atoms with Gasteiger partial charge in [0.05, 0.1) is 10.6 Å². The molecule has 1 saturated heterocycles. The predicted octanol–water partition coefficient (Wildman–Crippen LogP) is 2.19. The highest BCUT2D eigenvalue weighted by molar-refractivity contribution is 7.80. The van der Waals surface area contributed by atoms with Crippen molar-refractivity contribution in [1.82, 2.24) is 4.90 Å². The van der Waals surface area contributed by atoms with Crippen molar-refractivity contribution >= 4 is 30.1 Å². The van der Waals surface area contributed by atoms with Crippen molar-refractivity contribution in [1.29, 1.82) is 0 Å². The van der Waals surface area contributed by atoms with Crippen molar-refractivity contribution in [2.24, 2.45) is 5.73 Å². The summed E-state index contributed by atoms with van der Waals surface area (Å²) in [4.78, 5) is 14.8. The molecule has 1 aromatic rings. The average Bonchev–Trinajstić information content (AvgIpc) is 2.31. The lowest BCUT2D eigenvalue weighted by Gasteiger charge is -2.31. The number of amides is 1.